The lowest BCUT2D eigenvalue weighted by Crippen LogP contribution is -2.48. The number of sulfone groups is 1. The van der Waals surface area contributed by atoms with Crippen LogP contribution in [-0.4, -0.2) is 54.4 Å². The number of fused-ring (bicyclic) bond motifs is 1. The number of anilines is 1. The van der Waals surface area contributed by atoms with Crippen molar-refractivity contribution in [3.05, 3.63) is 54.4 Å². The van der Waals surface area contributed by atoms with Crippen molar-refractivity contribution in [1.29, 1.82) is 0 Å². The van der Waals surface area contributed by atoms with Gasteiger partial charge in [0, 0.05) is 36.7 Å². The van der Waals surface area contributed by atoms with E-state index in [9.17, 15) is 13.2 Å². The summed E-state index contributed by atoms with van der Waals surface area (Å²) in [5, 5.41) is 0. The number of aromatic nitrogens is 1. The first-order valence-electron chi connectivity index (χ1n) is 9.41. The number of hydrogen-bond acceptors (Lipinski definition) is 4. The SMILES string of the molecule is CC1c2cccn2CCN1CC(=O)N(c1ccccc1)C1CCS(=O)(=O)C1. The summed E-state index contributed by atoms with van der Waals surface area (Å²) in [5.41, 5.74) is 1.99. The zero-order chi connectivity index (χ0) is 19.0. The van der Waals surface area contributed by atoms with Gasteiger partial charge in [0.15, 0.2) is 9.84 Å². The average molecular weight is 388 g/mol. The Morgan fingerprint density at radius 1 is 1.15 bits per heavy atom. The second-order valence-electron chi connectivity index (χ2n) is 7.43. The Bertz CT molecular complexity index is 923. The van der Waals surface area contributed by atoms with Crippen molar-refractivity contribution in [1.82, 2.24) is 9.47 Å². The lowest BCUT2D eigenvalue weighted by Gasteiger charge is -2.37. The van der Waals surface area contributed by atoms with Crippen LogP contribution in [-0.2, 0) is 21.2 Å². The molecule has 6 nitrogen and oxygen atoms in total. The van der Waals surface area contributed by atoms with E-state index in [1.165, 1.54) is 5.69 Å². The maximum atomic E-state index is 13.3. The van der Waals surface area contributed by atoms with Crippen LogP contribution in [0.5, 0.6) is 0 Å². The molecule has 0 saturated carbocycles. The molecule has 0 spiro atoms. The Labute approximate surface area is 160 Å². The highest BCUT2D eigenvalue weighted by Crippen LogP contribution is 2.28. The van der Waals surface area contributed by atoms with Gasteiger partial charge in [-0.3, -0.25) is 9.69 Å². The van der Waals surface area contributed by atoms with Crippen LogP contribution in [0.3, 0.4) is 0 Å². The standard InChI is InChI=1S/C20H25N3O3S/c1-16-19-8-5-10-21(19)11-12-22(16)14-20(24)23(17-6-3-2-4-7-17)18-9-13-27(25,26)15-18/h2-8,10,16,18H,9,11-15H2,1H3. The van der Waals surface area contributed by atoms with E-state index in [1.807, 2.05) is 36.4 Å². The number of benzene rings is 1. The molecule has 1 aromatic carbocycles. The molecule has 2 unspecified atom stereocenters. The fourth-order valence-corrected chi connectivity index (χ4v) is 5.92. The predicted octanol–water partition coefficient (Wildman–Crippen LogP) is 2.08. The molecule has 1 fully saturated rings. The zero-order valence-electron chi connectivity index (χ0n) is 15.5. The number of hydrogen-bond donors (Lipinski definition) is 0. The number of amides is 1. The summed E-state index contributed by atoms with van der Waals surface area (Å²) in [4.78, 5) is 17.2. The molecule has 2 aromatic rings. The summed E-state index contributed by atoms with van der Waals surface area (Å²) in [6.45, 7) is 4.08. The maximum Gasteiger partial charge on any atom is 0.241 e. The number of nitrogens with zero attached hydrogens (tertiary/aromatic N) is 3. The van der Waals surface area contributed by atoms with Crippen LogP contribution < -0.4 is 4.90 Å². The minimum atomic E-state index is -3.07. The Balaban J connectivity index is 1.56. The topological polar surface area (TPSA) is 62.6 Å². The molecule has 0 bridgehead atoms. The first-order valence-corrected chi connectivity index (χ1v) is 11.2. The van der Waals surface area contributed by atoms with Gasteiger partial charge in [-0.25, -0.2) is 8.42 Å². The van der Waals surface area contributed by atoms with E-state index in [4.69, 9.17) is 0 Å². The molecule has 0 aliphatic carbocycles. The Kier molecular flexibility index (Phi) is 4.82. The molecular formula is C20H25N3O3S. The predicted molar refractivity (Wildman–Crippen MR) is 105 cm³/mol. The van der Waals surface area contributed by atoms with E-state index < -0.39 is 9.84 Å². The molecule has 2 atom stereocenters. The smallest absolute Gasteiger partial charge is 0.241 e. The van der Waals surface area contributed by atoms with E-state index in [0.29, 0.717) is 6.42 Å². The van der Waals surface area contributed by atoms with Gasteiger partial charge in [0.1, 0.15) is 0 Å². The first-order chi connectivity index (χ1) is 12.9. The minimum absolute atomic E-state index is 0.0323. The van der Waals surface area contributed by atoms with Crippen LogP contribution in [0.1, 0.15) is 25.1 Å². The zero-order valence-corrected chi connectivity index (χ0v) is 16.3. The molecule has 1 amide bonds. The van der Waals surface area contributed by atoms with Gasteiger partial charge >= 0.3 is 0 Å². The Morgan fingerprint density at radius 3 is 2.63 bits per heavy atom. The third-order valence-electron chi connectivity index (χ3n) is 5.68. The van der Waals surface area contributed by atoms with Crippen molar-refractivity contribution >= 4 is 21.4 Å². The van der Waals surface area contributed by atoms with Gasteiger partial charge in [0.25, 0.3) is 0 Å². The number of carbonyl (C=O) groups excluding carboxylic acids is 1. The molecule has 2 aliphatic heterocycles. The monoisotopic (exact) mass is 387 g/mol. The molecule has 0 radical (unpaired) electrons. The Morgan fingerprint density at radius 2 is 1.93 bits per heavy atom. The summed E-state index contributed by atoms with van der Waals surface area (Å²) < 4.78 is 26.2. The van der Waals surface area contributed by atoms with Crippen LogP contribution in [0.4, 0.5) is 5.69 Å². The third kappa shape index (κ3) is 3.66. The van der Waals surface area contributed by atoms with Gasteiger partial charge in [-0.15, -0.1) is 0 Å². The summed E-state index contributed by atoms with van der Waals surface area (Å²) in [5.74, 6) is 0.170. The van der Waals surface area contributed by atoms with E-state index >= 15 is 0 Å². The minimum Gasteiger partial charge on any atom is -0.349 e. The fraction of sp³-hybridized carbons (Fsp3) is 0.450. The van der Waals surface area contributed by atoms with Crippen LogP contribution in [0.15, 0.2) is 48.7 Å². The highest BCUT2D eigenvalue weighted by atomic mass is 32.2. The number of carbonyl (C=O) groups is 1. The normalized spacial score (nSPS) is 24.5. The van der Waals surface area contributed by atoms with Crippen molar-refractivity contribution in [3.8, 4) is 0 Å². The number of para-hydroxylation sites is 1. The third-order valence-corrected chi connectivity index (χ3v) is 7.43. The highest BCUT2D eigenvalue weighted by molar-refractivity contribution is 7.91. The van der Waals surface area contributed by atoms with E-state index in [-0.39, 0.29) is 36.0 Å². The van der Waals surface area contributed by atoms with Gasteiger partial charge in [0.05, 0.1) is 24.1 Å². The van der Waals surface area contributed by atoms with E-state index in [1.54, 1.807) is 4.90 Å². The molecule has 4 rings (SSSR count). The van der Waals surface area contributed by atoms with Gasteiger partial charge in [-0.1, -0.05) is 18.2 Å². The van der Waals surface area contributed by atoms with Crippen molar-refractivity contribution in [2.75, 3.05) is 29.5 Å². The van der Waals surface area contributed by atoms with Crippen molar-refractivity contribution in [2.45, 2.75) is 32.0 Å². The van der Waals surface area contributed by atoms with Crippen LogP contribution in [0, 0.1) is 0 Å². The molecular weight excluding hydrogens is 362 g/mol. The van der Waals surface area contributed by atoms with Crippen LogP contribution in [0.2, 0.25) is 0 Å². The van der Waals surface area contributed by atoms with Crippen molar-refractivity contribution in [2.24, 2.45) is 0 Å². The molecule has 27 heavy (non-hydrogen) atoms. The van der Waals surface area contributed by atoms with E-state index in [2.05, 4.69) is 28.7 Å². The molecule has 1 aromatic heterocycles. The van der Waals surface area contributed by atoms with Gasteiger partial charge in [-0.05, 0) is 37.6 Å². The Hall–Kier alpha value is -2.12. The van der Waals surface area contributed by atoms with Gasteiger partial charge in [0.2, 0.25) is 5.91 Å². The lowest BCUT2D eigenvalue weighted by molar-refractivity contribution is -0.120. The fourth-order valence-electron chi connectivity index (χ4n) is 4.22. The van der Waals surface area contributed by atoms with Crippen LogP contribution >= 0.6 is 0 Å². The highest BCUT2D eigenvalue weighted by Gasteiger charge is 2.36. The molecule has 3 heterocycles. The summed E-state index contributed by atoms with van der Waals surface area (Å²) >= 11 is 0. The van der Waals surface area contributed by atoms with Crippen molar-refractivity contribution < 1.29 is 13.2 Å². The molecule has 7 heteroatoms. The molecule has 2 aliphatic rings. The summed E-state index contributed by atoms with van der Waals surface area (Å²) in [6, 6.07) is 13.4. The second kappa shape index (κ2) is 7.13. The summed E-state index contributed by atoms with van der Waals surface area (Å²) in [6.07, 6.45) is 2.58. The lowest BCUT2D eigenvalue weighted by atomic mass is 10.1. The van der Waals surface area contributed by atoms with Gasteiger partial charge < -0.3 is 9.47 Å². The van der Waals surface area contributed by atoms with Crippen LogP contribution in [0.25, 0.3) is 0 Å². The average Bonchev–Trinajstić information content (AvgIpc) is 3.25. The largest absolute Gasteiger partial charge is 0.349 e. The maximum absolute atomic E-state index is 13.3. The van der Waals surface area contributed by atoms with Crippen molar-refractivity contribution in [3.63, 3.8) is 0 Å². The van der Waals surface area contributed by atoms with Gasteiger partial charge in [-0.2, -0.15) is 0 Å². The molecule has 144 valence electrons. The number of rotatable bonds is 4. The quantitative estimate of drug-likeness (QED) is 0.806. The molecule has 1 saturated heterocycles. The second-order valence-corrected chi connectivity index (χ2v) is 9.66. The first kappa shape index (κ1) is 18.3. The summed E-state index contributed by atoms with van der Waals surface area (Å²) in [7, 11) is -3.07. The molecule has 0 N–H and O–H groups in total. The van der Waals surface area contributed by atoms with E-state index in [0.717, 1.165) is 18.8 Å².